The average molecular weight is 300 g/mol. The Morgan fingerprint density at radius 2 is 1.95 bits per heavy atom. The summed E-state index contributed by atoms with van der Waals surface area (Å²) in [6.07, 6.45) is 2.15. The lowest BCUT2D eigenvalue weighted by Crippen LogP contribution is -2.40. The summed E-state index contributed by atoms with van der Waals surface area (Å²) in [5.74, 6) is 1.37. The van der Waals surface area contributed by atoms with Gasteiger partial charge in [0, 0.05) is 24.8 Å². The second kappa shape index (κ2) is 10.0. The summed E-state index contributed by atoms with van der Waals surface area (Å²) in [6.45, 7) is 6.85. The number of ether oxygens (including phenoxy) is 2. The second-order valence-corrected chi connectivity index (χ2v) is 5.52. The van der Waals surface area contributed by atoms with Gasteiger partial charge >= 0.3 is 0 Å². The zero-order valence-electron chi connectivity index (χ0n) is 12.7. The molecule has 2 atom stereocenters. The van der Waals surface area contributed by atoms with E-state index in [0.717, 1.165) is 36.8 Å². The molecule has 1 N–H and O–H groups in total. The van der Waals surface area contributed by atoms with Crippen molar-refractivity contribution in [3.63, 3.8) is 0 Å². The normalized spacial score (nSPS) is 14.0. The Hall–Kier alpha value is -0.770. The van der Waals surface area contributed by atoms with Crippen LogP contribution in [0.1, 0.15) is 26.7 Å². The predicted molar refractivity (Wildman–Crippen MR) is 84.7 cm³/mol. The van der Waals surface area contributed by atoms with E-state index in [4.69, 9.17) is 21.1 Å². The van der Waals surface area contributed by atoms with E-state index in [1.807, 2.05) is 24.3 Å². The topological polar surface area (TPSA) is 30.5 Å². The minimum Gasteiger partial charge on any atom is -0.492 e. The molecule has 0 aliphatic carbocycles. The molecule has 0 saturated carbocycles. The van der Waals surface area contributed by atoms with Crippen LogP contribution in [0.5, 0.6) is 5.75 Å². The van der Waals surface area contributed by atoms with Crippen molar-refractivity contribution in [2.75, 3.05) is 26.9 Å². The van der Waals surface area contributed by atoms with Crippen LogP contribution >= 0.6 is 11.6 Å². The van der Waals surface area contributed by atoms with Gasteiger partial charge in [-0.25, -0.2) is 0 Å². The minimum absolute atomic E-state index is 0.334. The Bertz CT molecular complexity index is 356. The molecule has 4 heteroatoms. The highest BCUT2D eigenvalue weighted by Crippen LogP contribution is 2.17. The second-order valence-electron chi connectivity index (χ2n) is 5.08. The molecule has 20 heavy (non-hydrogen) atoms. The third-order valence-electron chi connectivity index (χ3n) is 3.36. The molecule has 0 fully saturated rings. The molecular weight excluding hydrogens is 274 g/mol. The van der Waals surface area contributed by atoms with E-state index in [1.54, 1.807) is 7.11 Å². The van der Waals surface area contributed by atoms with Gasteiger partial charge in [-0.05, 0) is 49.6 Å². The zero-order valence-corrected chi connectivity index (χ0v) is 13.5. The van der Waals surface area contributed by atoms with E-state index >= 15 is 0 Å². The summed E-state index contributed by atoms with van der Waals surface area (Å²) >= 11 is 5.87. The number of nitrogens with one attached hydrogen (secondary N) is 1. The highest BCUT2D eigenvalue weighted by atomic mass is 35.5. The van der Waals surface area contributed by atoms with Gasteiger partial charge in [-0.2, -0.15) is 0 Å². The molecule has 0 aromatic heterocycles. The van der Waals surface area contributed by atoms with Gasteiger partial charge in [-0.1, -0.05) is 25.4 Å². The third-order valence-corrected chi connectivity index (χ3v) is 3.62. The van der Waals surface area contributed by atoms with Crippen LogP contribution in [0.15, 0.2) is 24.3 Å². The van der Waals surface area contributed by atoms with E-state index in [-0.39, 0.29) is 0 Å². The molecule has 0 spiro atoms. The minimum atomic E-state index is 0.334. The van der Waals surface area contributed by atoms with Crippen LogP contribution in [-0.4, -0.2) is 32.9 Å². The van der Waals surface area contributed by atoms with E-state index in [9.17, 15) is 0 Å². The lowest BCUT2D eigenvalue weighted by atomic mass is 9.99. The molecule has 0 aliphatic rings. The molecule has 0 aliphatic heterocycles. The van der Waals surface area contributed by atoms with E-state index in [2.05, 4.69) is 19.2 Å². The van der Waals surface area contributed by atoms with Gasteiger partial charge in [0.25, 0.3) is 0 Å². The van der Waals surface area contributed by atoms with Crippen LogP contribution in [-0.2, 0) is 4.74 Å². The highest BCUT2D eigenvalue weighted by molar-refractivity contribution is 6.30. The summed E-state index contributed by atoms with van der Waals surface area (Å²) in [5.41, 5.74) is 0. The molecule has 0 radical (unpaired) electrons. The number of benzene rings is 1. The van der Waals surface area contributed by atoms with E-state index in [1.165, 1.54) is 0 Å². The molecule has 0 amide bonds. The lowest BCUT2D eigenvalue weighted by molar-refractivity contribution is 0.154. The lowest BCUT2D eigenvalue weighted by Gasteiger charge is -2.25. The Morgan fingerprint density at radius 1 is 1.25 bits per heavy atom. The van der Waals surface area contributed by atoms with Crippen LogP contribution in [0, 0.1) is 5.92 Å². The first kappa shape index (κ1) is 17.3. The summed E-state index contributed by atoms with van der Waals surface area (Å²) in [4.78, 5) is 0. The summed E-state index contributed by atoms with van der Waals surface area (Å²) < 4.78 is 11.0. The van der Waals surface area contributed by atoms with Crippen molar-refractivity contribution >= 4 is 11.6 Å². The fraction of sp³-hybridized carbons (Fsp3) is 0.625. The van der Waals surface area contributed by atoms with Gasteiger partial charge in [-0.15, -0.1) is 0 Å². The number of rotatable bonds is 10. The third kappa shape index (κ3) is 6.60. The molecule has 3 nitrogen and oxygen atoms in total. The fourth-order valence-electron chi connectivity index (χ4n) is 1.98. The number of halogens is 1. The first-order chi connectivity index (χ1) is 9.67. The fourth-order valence-corrected chi connectivity index (χ4v) is 2.10. The monoisotopic (exact) mass is 299 g/mol. The van der Waals surface area contributed by atoms with Gasteiger partial charge < -0.3 is 14.8 Å². The maximum atomic E-state index is 5.87. The van der Waals surface area contributed by atoms with Crippen LogP contribution in [0.2, 0.25) is 5.02 Å². The molecule has 0 saturated heterocycles. The largest absolute Gasteiger partial charge is 0.492 e. The first-order valence-electron chi connectivity index (χ1n) is 7.28. The summed E-state index contributed by atoms with van der Waals surface area (Å²) in [6, 6.07) is 7.83. The quantitative estimate of drug-likeness (QED) is 0.713. The van der Waals surface area contributed by atoms with Gasteiger partial charge in [0.1, 0.15) is 12.4 Å². The zero-order chi connectivity index (χ0) is 14.8. The van der Waals surface area contributed by atoms with Gasteiger partial charge in [0.15, 0.2) is 0 Å². The SMILES string of the molecule is CCCNC(COc1ccc(Cl)cc1)C(C)CCOC. The van der Waals surface area contributed by atoms with Crippen LogP contribution < -0.4 is 10.1 Å². The van der Waals surface area contributed by atoms with Crippen LogP contribution in [0.25, 0.3) is 0 Å². The standard InChI is InChI=1S/C16H26ClNO2/c1-4-10-18-16(13(2)9-11-19-3)12-20-15-7-5-14(17)6-8-15/h5-8,13,16,18H,4,9-12H2,1-3H3. The summed E-state index contributed by atoms with van der Waals surface area (Å²) in [5, 5.41) is 4.28. The maximum Gasteiger partial charge on any atom is 0.119 e. The van der Waals surface area contributed by atoms with Gasteiger partial charge in [0.2, 0.25) is 0 Å². The highest BCUT2D eigenvalue weighted by Gasteiger charge is 2.17. The smallest absolute Gasteiger partial charge is 0.119 e. The Labute approximate surface area is 127 Å². The maximum absolute atomic E-state index is 5.87. The van der Waals surface area contributed by atoms with Crippen molar-refractivity contribution in [1.29, 1.82) is 0 Å². The van der Waals surface area contributed by atoms with Crippen molar-refractivity contribution < 1.29 is 9.47 Å². The van der Waals surface area contributed by atoms with Crippen LogP contribution in [0.3, 0.4) is 0 Å². The van der Waals surface area contributed by atoms with Crippen molar-refractivity contribution in [3.8, 4) is 5.75 Å². The first-order valence-corrected chi connectivity index (χ1v) is 7.65. The van der Waals surface area contributed by atoms with Crippen molar-refractivity contribution in [2.45, 2.75) is 32.7 Å². The molecule has 2 unspecified atom stereocenters. The van der Waals surface area contributed by atoms with Gasteiger partial charge in [-0.3, -0.25) is 0 Å². The molecule has 1 aromatic rings. The van der Waals surface area contributed by atoms with Crippen molar-refractivity contribution in [2.24, 2.45) is 5.92 Å². The molecule has 1 rings (SSSR count). The number of hydrogen-bond acceptors (Lipinski definition) is 3. The Balaban J connectivity index is 2.48. The molecular formula is C16H26ClNO2. The predicted octanol–water partition coefficient (Wildman–Crippen LogP) is 3.76. The van der Waals surface area contributed by atoms with E-state index < -0.39 is 0 Å². The number of methoxy groups -OCH3 is 1. The van der Waals surface area contributed by atoms with Crippen molar-refractivity contribution in [1.82, 2.24) is 5.32 Å². The molecule has 0 heterocycles. The number of hydrogen-bond donors (Lipinski definition) is 1. The van der Waals surface area contributed by atoms with Gasteiger partial charge in [0.05, 0.1) is 0 Å². The molecule has 1 aromatic carbocycles. The summed E-state index contributed by atoms with van der Waals surface area (Å²) in [7, 11) is 1.74. The Kier molecular flexibility index (Phi) is 8.67. The van der Waals surface area contributed by atoms with Crippen LogP contribution in [0.4, 0.5) is 0 Å². The van der Waals surface area contributed by atoms with E-state index in [0.29, 0.717) is 18.6 Å². The Morgan fingerprint density at radius 3 is 2.55 bits per heavy atom. The van der Waals surface area contributed by atoms with Crippen molar-refractivity contribution in [3.05, 3.63) is 29.3 Å². The molecule has 114 valence electrons. The molecule has 0 bridgehead atoms. The average Bonchev–Trinajstić information content (AvgIpc) is 2.46.